The maximum absolute atomic E-state index is 12.2. The van der Waals surface area contributed by atoms with E-state index in [9.17, 15) is 9.90 Å². The highest BCUT2D eigenvalue weighted by Gasteiger charge is 2.13. The normalized spacial score (nSPS) is 12.0. The quantitative estimate of drug-likeness (QED) is 0.557. The minimum absolute atomic E-state index is 0.0510. The summed E-state index contributed by atoms with van der Waals surface area (Å²) in [6.45, 7) is 5.77. The van der Waals surface area contributed by atoms with Crippen LogP contribution in [-0.4, -0.2) is 30.4 Å². The van der Waals surface area contributed by atoms with Gasteiger partial charge in [0.2, 0.25) is 0 Å². The first-order chi connectivity index (χ1) is 11.9. The van der Waals surface area contributed by atoms with Crippen molar-refractivity contribution in [3.63, 3.8) is 0 Å². The fourth-order valence-corrected chi connectivity index (χ4v) is 2.37. The molecule has 0 aliphatic carbocycles. The van der Waals surface area contributed by atoms with Gasteiger partial charge in [-0.05, 0) is 55.7 Å². The first kappa shape index (κ1) is 18.3. The second-order valence-corrected chi connectivity index (χ2v) is 5.80. The van der Waals surface area contributed by atoms with Crippen LogP contribution >= 0.6 is 0 Å². The third kappa shape index (κ3) is 4.73. The number of para-hydroxylation sites is 1. The lowest BCUT2D eigenvalue weighted by Crippen LogP contribution is -2.35. The number of hydrazone groups is 1. The number of aromatic hydroxyl groups is 1. The summed E-state index contributed by atoms with van der Waals surface area (Å²) in [6.07, 6.45) is 1.49. The number of methoxy groups -OCH3 is 1. The Kier molecular flexibility index (Phi) is 6.00. The molecule has 0 heterocycles. The third-order valence-corrected chi connectivity index (χ3v) is 3.83. The van der Waals surface area contributed by atoms with E-state index in [1.165, 1.54) is 19.4 Å². The van der Waals surface area contributed by atoms with Crippen LogP contribution in [0.2, 0.25) is 0 Å². The Hall–Kier alpha value is -3.02. The van der Waals surface area contributed by atoms with Crippen molar-refractivity contribution in [1.29, 1.82) is 0 Å². The molecule has 0 aromatic heterocycles. The number of aryl methyl sites for hydroxylation is 2. The largest absolute Gasteiger partial charge is 0.504 e. The topological polar surface area (TPSA) is 83.0 Å². The monoisotopic (exact) mass is 341 g/mol. The molecule has 1 unspecified atom stereocenters. The van der Waals surface area contributed by atoms with Crippen LogP contribution in [-0.2, 0) is 4.79 Å². The fourth-order valence-electron chi connectivity index (χ4n) is 2.37. The number of nitrogens with one attached hydrogen (secondary N) is 2. The number of carbonyl (C=O) groups excluding carboxylic acids is 1. The number of phenols is 1. The molecule has 0 aliphatic heterocycles. The molecule has 1 atom stereocenters. The van der Waals surface area contributed by atoms with Crippen molar-refractivity contribution in [2.24, 2.45) is 5.10 Å². The Balaban J connectivity index is 1.97. The van der Waals surface area contributed by atoms with Crippen molar-refractivity contribution in [2.75, 3.05) is 12.4 Å². The van der Waals surface area contributed by atoms with Gasteiger partial charge >= 0.3 is 0 Å². The lowest BCUT2D eigenvalue weighted by atomic mass is 10.1. The maximum Gasteiger partial charge on any atom is 0.262 e. The van der Waals surface area contributed by atoms with E-state index in [-0.39, 0.29) is 11.7 Å². The highest BCUT2D eigenvalue weighted by atomic mass is 16.5. The van der Waals surface area contributed by atoms with E-state index >= 15 is 0 Å². The van der Waals surface area contributed by atoms with Crippen molar-refractivity contribution in [2.45, 2.75) is 26.8 Å². The van der Waals surface area contributed by atoms with E-state index in [4.69, 9.17) is 4.74 Å². The van der Waals surface area contributed by atoms with Gasteiger partial charge in [-0.3, -0.25) is 4.79 Å². The molecule has 6 nitrogen and oxygen atoms in total. The summed E-state index contributed by atoms with van der Waals surface area (Å²) in [5, 5.41) is 16.7. The summed E-state index contributed by atoms with van der Waals surface area (Å²) in [7, 11) is 1.47. The zero-order valence-electron chi connectivity index (χ0n) is 14.8. The SMILES string of the molecule is COc1cc(/C=N/NC(=O)C(C)Nc2c(C)cccc2C)ccc1O. The first-order valence-corrected chi connectivity index (χ1v) is 7.95. The standard InChI is InChI=1S/C19H23N3O3/c1-12-6-5-7-13(2)18(12)21-14(3)19(24)22-20-11-15-8-9-16(23)17(10-15)25-4/h5-11,14,21,23H,1-4H3,(H,22,24)/b20-11+. The van der Waals surface area contributed by atoms with E-state index in [0.29, 0.717) is 11.3 Å². The van der Waals surface area contributed by atoms with Crippen LogP contribution in [0.25, 0.3) is 0 Å². The van der Waals surface area contributed by atoms with Crippen LogP contribution in [0.4, 0.5) is 5.69 Å². The van der Waals surface area contributed by atoms with Gasteiger partial charge in [0.05, 0.1) is 13.3 Å². The zero-order valence-corrected chi connectivity index (χ0v) is 14.8. The summed E-state index contributed by atoms with van der Waals surface area (Å²) in [6, 6.07) is 10.3. The van der Waals surface area contributed by atoms with Crippen LogP contribution in [0.1, 0.15) is 23.6 Å². The average molecular weight is 341 g/mol. The smallest absolute Gasteiger partial charge is 0.262 e. The molecular formula is C19H23N3O3. The summed E-state index contributed by atoms with van der Waals surface area (Å²) in [5.74, 6) is 0.153. The molecular weight excluding hydrogens is 318 g/mol. The number of ether oxygens (including phenoxy) is 1. The molecule has 6 heteroatoms. The molecule has 0 saturated heterocycles. The predicted molar refractivity (Wildman–Crippen MR) is 99.4 cm³/mol. The van der Waals surface area contributed by atoms with Gasteiger partial charge in [-0.15, -0.1) is 0 Å². The Bertz CT molecular complexity index is 767. The number of nitrogens with zero attached hydrogens (tertiary/aromatic N) is 1. The molecule has 0 spiro atoms. The predicted octanol–water partition coefficient (Wildman–Crippen LogP) is 2.97. The fraction of sp³-hybridized carbons (Fsp3) is 0.263. The van der Waals surface area contributed by atoms with E-state index in [0.717, 1.165) is 16.8 Å². The number of phenolic OH excluding ortho intramolecular Hbond substituents is 1. The van der Waals surface area contributed by atoms with Gasteiger partial charge < -0.3 is 15.2 Å². The maximum atomic E-state index is 12.2. The second-order valence-electron chi connectivity index (χ2n) is 5.80. The van der Waals surface area contributed by atoms with Crippen molar-refractivity contribution in [1.82, 2.24) is 5.43 Å². The molecule has 2 rings (SSSR count). The Morgan fingerprint density at radius 2 is 1.92 bits per heavy atom. The van der Waals surface area contributed by atoms with E-state index < -0.39 is 6.04 Å². The highest BCUT2D eigenvalue weighted by Crippen LogP contribution is 2.25. The van der Waals surface area contributed by atoms with Crippen LogP contribution in [0.5, 0.6) is 11.5 Å². The molecule has 0 aliphatic rings. The van der Waals surface area contributed by atoms with Crippen LogP contribution in [0, 0.1) is 13.8 Å². The lowest BCUT2D eigenvalue weighted by molar-refractivity contribution is -0.121. The second kappa shape index (κ2) is 8.19. The Morgan fingerprint density at radius 3 is 2.56 bits per heavy atom. The molecule has 1 amide bonds. The van der Waals surface area contributed by atoms with Gasteiger partial charge in [0.15, 0.2) is 11.5 Å². The molecule has 2 aromatic rings. The molecule has 2 aromatic carbocycles. The van der Waals surface area contributed by atoms with Gasteiger partial charge in [0, 0.05) is 5.69 Å². The number of hydrogen-bond donors (Lipinski definition) is 3. The lowest BCUT2D eigenvalue weighted by Gasteiger charge is -2.17. The first-order valence-electron chi connectivity index (χ1n) is 7.95. The van der Waals surface area contributed by atoms with Gasteiger partial charge in [-0.1, -0.05) is 18.2 Å². The Morgan fingerprint density at radius 1 is 1.24 bits per heavy atom. The summed E-state index contributed by atoms with van der Waals surface area (Å²) >= 11 is 0. The van der Waals surface area contributed by atoms with Gasteiger partial charge in [-0.25, -0.2) is 5.43 Å². The molecule has 0 fully saturated rings. The molecule has 0 saturated carbocycles. The number of hydrogen-bond acceptors (Lipinski definition) is 5. The summed E-state index contributed by atoms with van der Waals surface area (Å²) in [5.41, 5.74) is 6.33. The van der Waals surface area contributed by atoms with Gasteiger partial charge in [0.25, 0.3) is 5.91 Å². The average Bonchev–Trinajstić information content (AvgIpc) is 2.59. The van der Waals surface area contributed by atoms with Crippen molar-refractivity contribution in [3.05, 3.63) is 53.1 Å². The van der Waals surface area contributed by atoms with Gasteiger partial charge in [0.1, 0.15) is 6.04 Å². The van der Waals surface area contributed by atoms with Crippen molar-refractivity contribution in [3.8, 4) is 11.5 Å². The summed E-state index contributed by atoms with van der Waals surface area (Å²) in [4.78, 5) is 12.2. The van der Waals surface area contributed by atoms with Crippen LogP contribution in [0.3, 0.4) is 0 Å². The summed E-state index contributed by atoms with van der Waals surface area (Å²) < 4.78 is 5.03. The molecule has 0 bridgehead atoms. The Labute approximate surface area is 147 Å². The van der Waals surface area contributed by atoms with Crippen molar-refractivity contribution < 1.29 is 14.6 Å². The van der Waals surface area contributed by atoms with Crippen LogP contribution in [0.15, 0.2) is 41.5 Å². The molecule has 0 radical (unpaired) electrons. The number of anilines is 1. The van der Waals surface area contributed by atoms with Gasteiger partial charge in [-0.2, -0.15) is 5.10 Å². The van der Waals surface area contributed by atoms with Crippen LogP contribution < -0.4 is 15.5 Å². The third-order valence-electron chi connectivity index (χ3n) is 3.83. The molecule has 25 heavy (non-hydrogen) atoms. The number of amides is 1. The van der Waals surface area contributed by atoms with E-state index in [2.05, 4.69) is 15.8 Å². The minimum atomic E-state index is -0.439. The molecule has 3 N–H and O–H groups in total. The van der Waals surface area contributed by atoms with Crippen molar-refractivity contribution >= 4 is 17.8 Å². The van der Waals surface area contributed by atoms with E-state index in [1.807, 2.05) is 32.0 Å². The molecule has 132 valence electrons. The number of carbonyl (C=O) groups is 1. The highest BCUT2D eigenvalue weighted by molar-refractivity contribution is 5.87. The number of benzene rings is 2. The number of rotatable bonds is 6. The minimum Gasteiger partial charge on any atom is -0.504 e. The van der Waals surface area contributed by atoms with E-state index in [1.54, 1.807) is 19.1 Å². The zero-order chi connectivity index (χ0) is 18.4.